The summed E-state index contributed by atoms with van der Waals surface area (Å²) in [5.41, 5.74) is 0. The second kappa shape index (κ2) is 15.5. The van der Waals surface area contributed by atoms with Gasteiger partial charge in [0.25, 0.3) is 5.84 Å². The van der Waals surface area contributed by atoms with Gasteiger partial charge in [-0.25, -0.2) is 9.98 Å². The molecule has 0 bridgehead atoms. The predicted octanol–water partition coefficient (Wildman–Crippen LogP) is -0.504. The highest BCUT2D eigenvalue weighted by Crippen LogP contribution is 2.20. The van der Waals surface area contributed by atoms with Crippen LogP contribution in [0, 0.1) is 94.7 Å². The van der Waals surface area contributed by atoms with E-state index in [0.29, 0.717) is 28.6 Å². The van der Waals surface area contributed by atoms with E-state index in [1.54, 1.807) is 6.92 Å². The average molecular weight is 477 g/mol. The highest BCUT2D eigenvalue weighted by molar-refractivity contribution is 5.94. The van der Waals surface area contributed by atoms with Crippen LogP contribution in [0.5, 0.6) is 0 Å². The van der Waals surface area contributed by atoms with Gasteiger partial charge in [-0.15, -0.1) is 0 Å². The maximum atomic E-state index is 9.75. The van der Waals surface area contributed by atoms with Crippen LogP contribution in [0.1, 0.15) is 13.8 Å². The zero-order chi connectivity index (χ0) is 26.0. The quantitative estimate of drug-likeness (QED) is 0.384. The van der Waals surface area contributed by atoms with Crippen LogP contribution in [0.4, 0.5) is 0 Å². The lowest BCUT2D eigenvalue weighted by atomic mass is 10.2. The number of nitrogens with zero attached hydrogens (tertiary/aromatic N) is 4. The van der Waals surface area contributed by atoms with Crippen molar-refractivity contribution in [3.8, 4) is 94.7 Å². The highest BCUT2D eigenvalue weighted by Gasteiger charge is 2.42. The number of aliphatic hydroxyl groups excluding tert-OH is 2. The molecule has 6 nitrogen and oxygen atoms in total. The fraction of sp³-hybridized carbons (Fsp3) is 0.400. The summed E-state index contributed by atoms with van der Waals surface area (Å²) in [5, 5.41) is 19.4. The minimum Gasteiger partial charge on any atom is -0.390 e. The van der Waals surface area contributed by atoms with Crippen molar-refractivity contribution in [2.24, 2.45) is 9.98 Å². The van der Waals surface area contributed by atoms with Gasteiger partial charge >= 0.3 is 0 Å². The monoisotopic (exact) mass is 476 g/mol. The van der Waals surface area contributed by atoms with E-state index in [9.17, 15) is 10.2 Å². The summed E-state index contributed by atoms with van der Waals surface area (Å²) in [4.78, 5) is 9.16. The van der Waals surface area contributed by atoms with E-state index in [4.69, 9.17) is 0 Å². The van der Waals surface area contributed by atoms with Gasteiger partial charge < -0.3 is 10.2 Å². The molecule has 0 aromatic heterocycles. The van der Waals surface area contributed by atoms with Crippen molar-refractivity contribution in [3.63, 3.8) is 0 Å². The van der Waals surface area contributed by atoms with Crippen LogP contribution in [0.2, 0.25) is 0 Å². The molecule has 0 aromatic rings. The number of rotatable bonds is 7. The van der Waals surface area contributed by atoms with E-state index in [1.165, 1.54) is 0 Å². The molecule has 0 saturated carbocycles. The first kappa shape index (κ1) is 27.9. The second-order valence-electron chi connectivity index (χ2n) is 7.84. The summed E-state index contributed by atoms with van der Waals surface area (Å²) in [6.07, 6.45) is 0. The molecule has 2 aliphatic rings. The zero-order valence-electron chi connectivity index (χ0n) is 20.8. The highest BCUT2D eigenvalue weighted by atomic mass is 16.3. The first-order valence-corrected chi connectivity index (χ1v) is 11.6. The van der Waals surface area contributed by atoms with E-state index in [2.05, 4.69) is 105 Å². The van der Waals surface area contributed by atoms with Crippen molar-refractivity contribution >= 4 is 11.7 Å². The first-order chi connectivity index (χ1) is 17.6. The van der Waals surface area contributed by atoms with E-state index in [-0.39, 0.29) is 13.2 Å². The Morgan fingerprint density at radius 2 is 1.06 bits per heavy atom. The third kappa shape index (κ3) is 8.46. The molecule has 2 atom stereocenters. The summed E-state index contributed by atoms with van der Waals surface area (Å²) in [6, 6.07) is 0. The van der Waals surface area contributed by atoms with Crippen molar-refractivity contribution in [1.82, 2.24) is 0 Å². The molecule has 0 aliphatic carbocycles. The fourth-order valence-corrected chi connectivity index (χ4v) is 3.97. The Morgan fingerprint density at radius 3 is 1.56 bits per heavy atom. The fourth-order valence-electron chi connectivity index (χ4n) is 3.97. The molecule has 0 fully saturated rings. The Kier molecular flexibility index (Phi) is 12.0. The summed E-state index contributed by atoms with van der Waals surface area (Å²) >= 11 is 0. The second-order valence-corrected chi connectivity index (χ2v) is 7.84. The minimum atomic E-state index is 0.0407. The summed E-state index contributed by atoms with van der Waals surface area (Å²) < 4.78 is 1.19. The molecule has 0 saturated heterocycles. The molecule has 0 radical (unpaired) electrons. The van der Waals surface area contributed by atoms with Gasteiger partial charge in [0.15, 0.2) is 5.84 Å². The normalized spacial score (nSPS) is 20.3. The first-order valence-electron chi connectivity index (χ1n) is 11.6. The van der Waals surface area contributed by atoms with Crippen LogP contribution in [-0.2, 0) is 0 Å². The Balaban J connectivity index is 2.01. The molecular formula is C30H28N4O2+2. The molecule has 2 rings (SSSR count). The van der Waals surface area contributed by atoms with E-state index >= 15 is 0 Å². The average Bonchev–Trinajstić information content (AvgIpc) is 3.44. The van der Waals surface area contributed by atoms with Crippen molar-refractivity contribution in [2.75, 3.05) is 65.6 Å². The van der Waals surface area contributed by atoms with Crippen molar-refractivity contribution in [2.45, 2.75) is 13.8 Å². The molecule has 2 heterocycles. The van der Waals surface area contributed by atoms with Crippen LogP contribution in [0.15, 0.2) is 9.98 Å². The molecule has 6 heteroatoms. The molecular weight excluding hydrogens is 448 g/mol. The number of quaternary nitrogens is 2. The van der Waals surface area contributed by atoms with Crippen LogP contribution in [0.3, 0.4) is 0 Å². The van der Waals surface area contributed by atoms with Crippen LogP contribution >= 0.6 is 0 Å². The lowest BCUT2D eigenvalue weighted by Gasteiger charge is -2.38. The number of amidine groups is 2. The molecule has 2 N–H and O–H groups in total. The number of hydrogen-bond donors (Lipinski definition) is 2. The van der Waals surface area contributed by atoms with Gasteiger partial charge in [-0.3, -0.25) is 8.97 Å². The third-order valence-electron chi connectivity index (χ3n) is 5.92. The van der Waals surface area contributed by atoms with Gasteiger partial charge in [-0.05, 0) is 89.8 Å². The Bertz CT molecular complexity index is 1390. The van der Waals surface area contributed by atoms with Crippen molar-refractivity contribution in [1.29, 1.82) is 0 Å². The minimum absolute atomic E-state index is 0.0407. The van der Waals surface area contributed by atoms with Crippen LogP contribution in [0.25, 0.3) is 0 Å². The van der Waals surface area contributed by atoms with Crippen LogP contribution < -0.4 is 0 Å². The van der Waals surface area contributed by atoms with Gasteiger partial charge in [0.1, 0.15) is 39.3 Å². The Labute approximate surface area is 215 Å². The number of hydrogen-bond acceptors (Lipinski definition) is 4. The van der Waals surface area contributed by atoms with Gasteiger partial charge in [-0.2, -0.15) is 0 Å². The smallest absolute Gasteiger partial charge is 0.277 e. The molecule has 0 spiro atoms. The molecule has 2 aliphatic heterocycles. The van der Waals surface area contributed by atoms with Gasteiger partial charge in [0.05, 0.1) is 26.3 Å². The molecule has 0 aromatic carbocycles. The summed E-state index contributed by atoms with van der Waals surface area (Å²) in [7, 11) is 0. The van der Waals surface area contributed by atoms with Crippen LogP contribution in [-0.4, -0.2) is 96.4 Å². The van der Waals surface area contributed by atoms with Crippen molar-refractivity contribution < 1.29 is 19.2 Å². The number of aliphatic hydroxyl groups is 2. The lowest BCUT2D eigenvalue weighted by Crippen LogP contribution is -2.61. The van der Waals surface area contributed by atoms with Crippen molar-refractivity contribution in [3.05, 3.63) is 0 Å². The predicted molar refractivity (Wildman–Crippen MR) is 142 cm³/mol. The summed E-state index contributed by atoms with van der Waals surface area (Å²) in [5.74, 6) is 43.9. The SMILES string of the molecule is CC#CC#CC#CC#CC#CC#CC#CC#CC1=NCC[N+]1(CCO)CC[N+]1(CCO)CCN=C1C. The Morgan fingerprint density at radius 1 is 0.611 bits per heavy atom. The van der Waals surface area contributed by atoms with E-state index in [1.807, 2.05) is 6.92 Å². The summed E-state index contributed by atoms with van der Waals surface area (Å²) in [6.45, 7) is 9.73. The van der Waals surface area contributed by atoms with E-state index < -0.39 is 0 Å². The maximum Gasteiger partial charge on any atom is 0.277 e. The Hall–Kier alpha value is -4.34. The topological polar surface area (TPSA) is 65.2 Å². The standard InChI is InChI=1S/C30H28N4O2/c1-3-4-5-6-7-8-9-10-11-12-13-14-15-16-17-18-30-32-20-22-34(30,26-28-36)24-23-33(25-27-35)21-19-31-29(33)2/h35-36H,19-28H2,1-2H3/q+2. The number of aliphatic imine (C=N–C) groups is 2. The van der Waals surface area contributed by atoms with Gasteiger partial charge in [0.2, 0.25) is 0 Å². The lowest BCUT2D eigenvalue weighted by molar-refractivity contribution is -0.892. The molecule has 2 unspecified atom stereocenters. The maximum absolute atomic E-state index is 9.75. The third-order valence-corrected chi connectivity index (χ3v) is 5.92. The van der Waals surface area contributed by atoms with E-state index in [0.717, 1.165) is 44.4 Å². The molecule has 178 valence electrons. The largest absolute Gasteiger partial charge is 0.390 e. The molecule has 0 amide bonds. The van der Waals surface area contributed by atoms with Gasteiger partial charge in [0, 0.05) is 12.8 Å². The molecule has 36 heavy (non-hydrogen) atoms. The van der Waals surface area contributed by atoms with Gasteiger partial charge in [-0.1, -0.05) is 5.92 Å². The zero-order valence-corrected chi connectivity index (χ0v) is 20.8.